The molecule has 0 aromatic rings. The quantitative estimate of drug-likeness (QED) is 0.0467. The van der Waals surface area contributed by atoms with Gasteiger partial charge in [0.2, 0.25) is 11.8 Å². The van der Waals surface area contributed by atoms with Gasteiger partial charge in [0.15, 0.2) is 0 Å². The molecule has 8 nitrogen and oxygen atoms in total. The molecule has 1 aliphatic rings. The summed E-state index contributed by atoms with van der Waals surface area (Å²) in [5, 5.41) is 5.92. The lowest BCUT2D eigenvalue weighted by Crippen LogP contribution is -2.51. The summed E-state index contributed by atoms with van der Waals surface area (Å²) in [5.41, 5.74) is -2.08. The number of carbonyl (C=O) groups is 3. The molecule has 1 rings (SSSR count). The maximum absolute atomic E-state index is 13.7. The summed E-state index contributed by atoms with van der Waals surface area (Å²) in [7, 11) is 0. The van der Waals surface area contributed by atoms with E-state index in [0.717, 1.165) is 38.5 Å². The average Bonchev–Trinajstić information content (AvgIpc) is 3.76. The fraction of sp³-hybridized carbons (Fsp3) is 0.944. The van der Waals surface area contributed by atoms with Crippen molar-refractivity contribution in [3.05, 3.63) is 0 Å². The molecular weight excluding hydrogens is 773 g/mol. The van der Waals surface area contributed by atoms with Crippen LogP contribution in [0.3, 0.4) is 0 Å². The van der Waals surface area contributed by atoms with Gasteiger partial charge in [0, 0.05) is 19.6 Å². The van der Waals surface area contributed by atoms with Crippen LogP contribution in [0.4, 0.5) is 0 Å². The van der Waals surface area contributed by atoms with Crippen molar-refractivity contribution in [3.63, 3.8) is 0 Å². The molecule has 1 saturated carbocycles. The predicted octanol–water partition coefficient (Wildman–Crippen LogP) is 14.8. The van der Waals surface area contributed by atoms with Gasteiger partial charge in [-0.15, -0.1) is 0 Å². The van der Waals surface area contributed by atoms with Crippen molar-refractivity contribution in [1.82, 2.24) is 10.6 Å². The van der Waals surface area contributed by atoms with Gasteiger partial charge < -0.3 is 24.8 Å². The number of esters is 1. The molecule has 0 heterocycles. The van der Waals surface area contributed by atoms with E-state index in [0.29, 0.717) is 32.5 Å². The maximum Gasteiger partial charge on any atom is 0.330 e. The predicted molar refractivity (Wildman–Crippen MR) is 262 cm³/mol. The zero-order valence-corrected chi connectivity index (χ0v) is 42.7. The third-order valence-corrected chi connectivity index (χ3v) is 13.3. The minimum absolute atomic E-state index is 0.00426. The standard InChI is InChI=1S/C54H104N2O6/c1-10-12-14-16-18-20-22-24-26-28-30-32-34-36-38-40-43-60-49(58)47(56-48(57)41-39-37-35-33-31-29-27-25-23-21-19-17-15-13-11-2)45-55-50(59)53(8)46-54(53,9)62-52(6,7)42-44-61-51(3,4)5/h47H,10-46H2,1-9H3,(H,55,59)(H,56,57). The Labute approximate surface area is 384 Å². The molecule has 0 spiro atoms. The Morgan fingerprint density at radius 3 is 1.34 bits per heavy atom. The summed E-state index contributed by atoms with van der Waals surface area (Å²) >= 11 is 0. The highest BCUT2D eigenvalue weighted by Gasteiger charge is 2.68. The van der Waals surface area contributed by atoms with Crippen LogP contribution in [0.25, 0.3) is 0 Å². The molecule has 3 unspecified atom stereocenters. The van der Waals surface area contributed by atoms with E-state index in [1.54, 1.807) is 0 Å². The third-order valence-electron chi connectivity index (χ3n) is 13.3. The lowest BCUT2D eigenvalue weighted by atomic mass is 10.0. The van der Waals surface area contributed by atoms with Crippen molar-refractivity contribution < 1.29 is 28.6 Å². The van der Waals surface area contributed by atoms with Crippen molar-refractivity contribution in [2.45, 2.75) is 303 Å². The van der Waals surface area contributed by atoms with Gasteiger partial charge >= 0.3 is 5.97 Å². The molecular formula is C54H104N2O6. The monoisotopic (exact) mass is 877 g/mol. The lowest BCUT2D eigenvalue weighted by molar-refractivity contribution is -0.148. The summed E-state index contributed by atoms with van der Waals surface area (Å²) < 4.78 is 18.2. The van der Waals surface area contributed by atoms with E-state index in [9.17, 15) is 14.4 Å². The fourth-order valence-electron chi connectivity index (χ4n) is 8.79. The summed E-state index contributed by atoms with van der Waals surface area (Å²) in [5.74, 6) is -0.812. The molecule has 1 fully saturated rings. The second-order valence-electron chi connectivity index (χ2n) is 21.3. The van der Waals surface area contributed by atoms with Gasteiger partial charge in [-0.3, -0.25) is 9.59 Å². The van der Waals surface area contributed by atoms with E-state index in [4.69, 9.17) is 14.2 Å². The van der Waals surface area contributed by atoms with Gasteiger partial charge in [0.1, 0.15) is 6.04 Å². The second kappa shape index (κ2) is 34.6. The minimum atomic E-state index is -0.927. The normalized spacial score (nSPS) is 18.1. The molecule has 0 bridgehead atoms. The highest BCUT2D eigenvalue weighted by Crippen LogP contribution is 2.60. The van der Waals surface area contributed by atoms with E-state index in [2.05, 4.69) is 24.5 Å². The van der Waals surface area contributed by atoms with Crippen molar-refractivity contribution >= 4 is 17.8 Å². The van der Waals surface area contributed by atoms with Crippen LogP contribution in [-0.4, -0.2) is 60.4 Å². The van der Waals surface area contributed by atoms with E-state index in [1.807, 2.05) is 48.5 Å². The molecule has 366 valence electrons. The molecule has 0 radical (unpaired) electrons. The Kier molecular flexibility index (Phi) is 32.6. The molecule has 2 N–H and O–H groups in total. The van der Waals surface area contributed by atoms with Gasteiger partial charge in [-0.2, -0.15) is 0 Å². The summed E-state index contributed by atoms with van der Waals surface area (Å²) in [6, 6.07) is -0.927. The van der Waals surface area contributed by atoms with E-state index in [-0.39, 0.29) is 24.0 Å². The number of amides is 2. The Hall–Kier alpha value is -1.67. The average molecular weight is 877 g/mol. The van der Waals surface area contributed by atoms with Gasteiger partial charge in [-0.05, 0) is 74.1 Å². The number of hydrogen-bond acceptors (Lipinski definition) is 6. The second-order valence-corrected chi connectivity index (χ2v) is 21.3. The Balaban J connectivity index is 2.47. The van der Waals surface area contributed by atoms with Gasteiger partial charge in [-0.25, -0.2) is 4.79 Å². The van der Waals surface area contributed by atoms with Crippen LogP contribution in [0.2, 0.25) is 0 Å². The van der Waals surface area contributed by atoms with E-state index >= 15 is 0 Å². The van der Waals surface area contributed by atoms with Gasteiger partial charge in [0.25, 0.3) is 0 Å². The SMILES string of the molecule is CCCCCCCCCCCCCCCCCCOC(=O)C(CNC(=O)C1(C)CC1(C)OC(C)(C)CCOC(C)(C)C)NC(=O)CCCCCCCCCCCCCCCCC. The number of unbranched alkanes of at least 4 members (excludes halogenated alkanes) is 29. The molecule has 62 heavy (non-hydrogen) atoms. The third kappa shape index (κ3) is 29.7. The summed E-state index contributed by atoms with van der Waals surface area (Å²) in [6.07, 6.45) is 41.3. The van der Waals surface area contributed by atoms with Crippen molar-refractivity contribution in [2.24, 2.45) is 5.41 Å². The Morgan fingerprint density at radius 2 is 0.935 bits per heavy atom. The lowest BCUT2D eigenvalue weighted by Gasteiger charge is -2.33. The van der Waals surface area contributed by atoms with Gasteiger partial charge in [0.05, 0.1) is 28.8 Å². The Bertz CT molecular complexity index is 1140. The topological polar surface area (TPSA) is 103 Å². The molecule has 1 aliphatic carbocycles. The van der Waals surface area contributed by atoms with Gasteiger partial charge in [-0.1, -0.05) is 200 Å². The van der Waals surface area contributed by atoms with Crippen LogP contribution in [0.15, 0.2) is 0 Å². The highest BCUT2D eigenvalue weighted by atomic mass is 16.5. The van der Waals surface area contributed by atoms with Crippen LogP contribution in [0, 0.1) is 5.41 Å². The number of ether oxygens (including phenoxy) is 3. The fourth-order valence-corrected chi connectivity index (χ4v) is 8.79. The van der Waals surface area contributed by atoms with Crippen molar-refractivity contribution in [2.75, 3.05) is 19.8 Å². The number of hydrogen-bond donors (Lipinski definition) is 2. The Morgan fingerprint density at radius 1 is 0.548 bits per heavy atom. The van der Waals surface area contributed by atoms with Crippen molar-refractivity contribution in [3.8, 4) is 0 Å². The van der Waals surface area contributed by atoms with Crippen LogP contribution < -0.4 is 10.6 Å². The number of carbonyl (C=O) groups excluding carboxylic acids is 3. The maximum atomic E-state index is 13.7. The molecule has 2 amide bonds. The first-order chi connectivity index (χ1) is 29.6. The zero-order valence-electron chi connectivity index (χ0n) is 42.7. The highest BCUT2D eigenvalue weighted by molar-refractivity contribution is 5.89. The van der Waals surface area contributed by atoms with E-state index < -0.39 is 28.6 Å². The van der Waals surface area contributed by atoms with E-state index in [1.165, 1.54) is 161 Å². The first-order valence-electron chi connectivity index (χ1n) is 26.7. The summed E-state index contributed by atoms with van der Waals surface area (Å²) in [6.45, 7) is 19.6. The molecule has 8 heteroatoms. The minimum Gasteiger partial charge on any atom is -0.464 e. The van der Waals surface area contributed by atoms with Crippen LogP contribution in [-0.2, 0) is 28.6 Å². The molecule has 0 saturated heterocycles. The smallest absolute Gasteiger partial charge is 0.330 e. The van der Waals surface area contributed by atoms with Crippen LogP contribution >= 0.6 is 0 Å². The molecule has 0 aliphatic heterocycles. The molecule has 0 aromatic heterocycles. The zero-order chi connectivity index (χ0) is 46.0. The van der Waals surface area contributed by atoms with Crippen molar-refractivity contribution in [1.29, 1.82) is 0 Å². The number of nitrogens with one attached hydrogen (secondary N) is 2. The molecule has 0 aromatic carbocycles. The first-order valence-corrected chi connectivity index (χ1v) is 26.7. The largest absolute Gasteiger partial charge is 0.464 e. The van der Waals surface area contributed by atoms with Crippen LogP contribution in [0.5, 0.6) is 0 Å². The summed E-state index contributed by atoms with van der Waals surface area (Å²) in [4.78, 5) is 40.2. The first kappa shape index (κ1) is 58.3. The number of rotatable bonds is 43. The molecule has 3 atom stereocenters. The van der Waals surface area contributed by atoms with Crippen LogP contribution in [0.1, 0.15) is 281 Å².